The van der Waals surface area contributed by atoms with Gasteiger partial charge >= 0.3 is 0 Å². The first-order valence-corrected chi connectivity index (χ1v) is 9.87. The molecule has 7 nitrogen and oxygen atoms in total. The number of rotatable bonds is 8. The zero-order valence-electron chi connectivity index (χ0n) is 16.1. The fraction of sp³-hybridized carbons (Fsp3) is 0.190. The Labute approximate surface area is 176 Å². The van der Waals surface area contributed by atoms with Gasteiger partial charge in [0.15, 0.2) is 18.1 Å². The van der Waals surface area contributed by atoms with Crippen LogP contribution < -0.4 is 15.2 Å². The molecule has 0 aliphatic carbocycles. The second-order valence-corrected chi connectivity index (χ2v) is 7.25. The van der Waals surface area contributed by atoms with Crippen molar-refractivity contribution in [1.82, 2.24) is 4.90 Å². The largest absolute Gasteiger partial charge is 0.490 e. The molecule has 0 saturated carbocycles. The van der Waals surface area contributed by atoms with Crippen LogP contribution in [0.2, 0.25) is 0 Å². The third kappa shape index (κ3) is 4.98. The van der Waals surface area contributed by atoms with Crippen LogP contribution in [0.25, 0.3) is 6.08 Å². The number of benzene rings is 2. The summed E-state index contributed by atoms with van der Waals surface area (Å²) in [5.41, 5.74) is 5.95. The predicted molar refractivity (Wildman–Crippen MR) is 110 cm³/mol. The molecule has 3 rings (SSSR count). The van der Waals surface area contributed by atoms with Crippen LogP contribution in [0.4, 0.5) is 9.18 Å². The maximum atomic E-state index is 13.9. The highest BCUT2D eigenvalue weighted by Crippen LogP contribution is 2.35. The van der Waals surface area contributed by atoms with E-state index in [4.69, 9.17) is 15.2 Å². The van der Waals surface area contributed by atoms with Gasteiger partial charge in [0.25, 0.3) is 17.1 Å². The van der Waals surface area contributed by atoms with Crippen molar-refractivity contribution in [1.29, 1.82) is 0 Å². The fourth-order valence-electron chi connectivity index (χ4n) is 2.74. The number of primary amides is 1. The number of carbonyl (C=O) groups excluding carboxylic acids is 3. The van der Waals surface area contributed by atoms with Crippen LogP contribution in [0.5, 0.6) is 11.5 Å². The Kier molecular flexibility index (Phi) is 6.73. The number of hydrogen-bond donors (Lipinski definition) is 1. The summed E-state index contributed by atoms with van der Waals surface area (Å²) in [6, 6.07) is 10.9. The van der Waals surface area contributed by atoms with E-state index in [-0.39, 0.29) is 23.6 Å². The smallest absolute Gasteiger partial charge is 0.293 e. The van der Waals surface area contributed by atoms with E-state index in [1.54, 1.807) is 43.3 Å². The molecule has 1 aliphatic heterocycles. The fourth-order valence-corrected chi connectivity index (χ4v) is 3.57. The lowest BCUT2D eigenvalue weighted by Gasteiger charge is -2.13. The van der Waals surface area contributed by atoms with Crippen LogP contribution in [0.15, 0.2) is 47.4 Å². The monoisotopic (exact) mass is 430 g/mol. The van der Waals surface area contributed by atoms with Gasteiger partial charge in [-0.25, -0.2) is 4.39 Å². The average Bonchev–Trinajstić information content (AvgIpc) is 2.96. The normalized spacial score (nSPS) is 15.0. The van der Waals surface area contributed by atoms with Crippen LogP contribution in [0.1, 0.15) is 18.1 Å². The van der Waals surface area contributed by atoms with Crippen molar-refractivity contribution in [2.24, 2.45) is 5.73 Å². The van der Waals surface area contributed by atoms with Crippen molar-refractivity contribution >= 4 is 34.9 Å². The quantitative estimate of drug-likeness (QED) is 0.645. The molecule has 0 atom stereocenters. The topological polar surface area (TPSA) is 98.9 Å². The molecule has 1 saturated heterocycles. The van der Waals surface area contributed by atoms with Gasteiger partial charge in [0, 0.05) is 5.56 Å². The van der Waals surface area contributed by atoms with Gasteiger partial charge in [-0.1, -0.05) is 24.3 Å². The Bertz CT molecular complexity index is 1020. The number of thioether (sulfide) groups is 1. The molecule has 0 bridgehead atoms. The van der Waals surface area contributed by atoms with E-state index >= 15 is 0 Å². The van der Waals surface area contributed by atoms with Gasteiger partial charge in [0.05, 0.1) is 18.1 Å². The highest BCUT2D eigenvalue weighted by molar-refractivity contribution is 8.18. The minimum Gasteiger partial charge on any atom is -0.490 e. The molecule has 9 heteroatoms. The Morgan fingerprint density at radius 1 is 1.17 bits per heavy atom. The first-order chi connectivity index (χ1) is 14.4. The molecule has 2 aromatic carbocycles. The number of nitrogens with two attached hydrogens (primary N) is 1. The third-order valence-corrected chi connectivity index (χ3v) is 5.00. The maximum Gasteiger partial charge on any atom is 0.293 e. The van der Waals surface area contributed by atoms with E-state index < -0.39 is 22.9 Å². The summed E-state index contributed by atoms with van der Waals surface area (Å²) < 4.78 is 24.7. The molecule has 2 aromatic rings. The van der Waals surface area contributed by atoms with Crippen molar-refractivity contribution in [3.8, 4) is 11.5 Å². The molecule has 1 aliphatic rings. The lowest BCUT2D eigenvalue weighted by Crippen LogP contribution is -2.27. The van der Waals surface area contributed by atoms with Gasteiger partial charge in [-0.2, -0.15) is 0 Å². The molecular weight excluding hydrogens is 411 g/mol. The molecule has 0 unspecified atom stereocenters. The number of amides is 3. The number of carbonyl (C=O) groups is 3. The summed E-state index contributed by atoms with van der Waals surface area (Å²) in [5.74, 6) is -0.891. The van der Waals surface area contributed by atoms with Gasteiger partial charge in [-0.05, 0) is 48.5 Å². The molecule has 0 aromatic heterocycles. The van der Waals surface area contributed by atoms with Crippen LogP contribution in [0, 0.1) is 5.82 Å². The molecule has 1 fully saturated rings. The Morgan fingerprint density at radius 3 is 2.63 bits per heavy atom. The Morgan fingerprint density at radius 2 is 1.93 bits per heavy atom. The van der Waals surface area contributed by atoms with E-state index in [9.17, 15) is 18.8 Å². The van der Waals surface area contributed by atoms with Gasteiger partial charge in [0.1, 0.15) is 5.82 Å². The number of nitrogens with zero attached hydrogens (tertiary/aromatic N) is 1. The van der Waals surface area contributed by atoms with Crippen molar-refractivity contribution in [3.05, 3.63) is 64.3 Å². The molecule has 156 valence electrons. The molecule has 30 heavy (non-hydrogen) atoms. The number of halogens is 1. The summed E-state index contributed by atoms with van der Waals surface area (Å²) in [4.78, 5) is 37.1. The lowest BCUT2D eigenvalue weighted by atomic mass is 10.1. The zero-order valence-corrected chi connectivity index (χ0v) is 16.9. The zero-order chi connectivity index (χ0) is 21.7. The van der Waals surface area contributed by atoms with E-state index in [1.807, 2.05) is 0 Å². The average molecular weight is 430 g/mol. The summed E-state index contributed by atoms with van der Waals surface area (Å²) in [6.07, 6.45) is 1.55. The van der Waals surface area contributed by atoms with E-state index in [0.29, 0.717) is 23.7 Å². The molecule has 1 heterocycles. The summed E-state index contributed by atoms with van der Waals surface area (Å²) in [7, 11) is 0. The number of ether oxygens (including phenoxy) is 2. The molecule has 0 radical (unpaired) electrons. The molecular formula is C21H19FN2O5S. The minimum atomic E-state index is -0.620. The van der Waals surface area contributed by atoms with Crippen LogP contribution in [-0.2, 0) is 16.1 Å². The van der Waals surface area contributed by atoms with Gasteiger partial charge in [-0.15, -0.1) is 0 Å². The van der Waals surface area contributed by atoms with Gasteiger partial charge < -0.3 is 15.2 Å². The molecule has 0 spiro atoms. The standard InChI is InChI=1S/C21H19FN2O5S/c1-2-28-17-9-13(7-8-16(17)29-12-19(23)25)10-18-20(26)24(21(27)30-18)11-14-5-3-4-6-15(14)22/h3-10H,2,11-12H2,1H3,(H2,23,25)/b18-10-. The van der Waals surface area contributed by atoms with Crippen molar-refractivity contribution in [3.63, 3.8) is 0 Å². The van der Waals surface area contributed by atoms with E-state index in [0.717, 1.165) is 16.7 Å². The first kappa shape index (κ1) is 21.4. The molecule has 3 amide bonds. The highest BCUT2D eigenvalue weighted by Gasteiger charge is 2.35. The van der Waals surface area contributed by atoms with E-state index in [1.165, 1.54) is 12.1 Å². The predicted octanol–water partition coefficient (Wildman–Crippen LogP) is 3.33. The van der Waals surface area contributed by atoms with Crippen molar-refractivity contribution in [2.45, 2.75) is 13.5 Å². The number of hydrogen-bond acceptors (Lipinski definition) is 6. The maximum absolute atomic E-state index is 13.9. The minimum absolute atomic E-state index is 0.140. The SMILES string of the molecule is CCOc1cc(/C=C2\SC(=O)N(Cc3ccccc3F)C2=O)ccc1OCC(N)=O. The summed E-state index contributed by atoms with van der Waals surface area (Å²) in [6.45, 7) is 1.71. The first-order valence-electron chi connectivity index (χ1n) is 9.05. The Hall–Kier alpha value is -3.33. The third-order valence-electron chi connectivity index (χ3n) is 4.10. The highest BCUT2D eigenvalue weighted by atomic mass is 32.2. The number of imide groups is 1. The molecule has 2 N–H and O–H groups in total. The summed E-state index contributed by atoms with van der Waals surface area (Å²) in [5, 5.41) is -0.471. The second-order valence-electron chi connectivity index (χ2n) is 6.25. The second kappa shape index (κ2) is 9.45. The van der Waals surface area contributed by atoms with Crippen LogP contribution in [0.3, 0.4) is 0 Å². The summed E-state index contributed by atoms with van der Waals surface area (Å²) >= 11 is 0.782. The Balaban J connectivity index is 1.81. The van der Waals surface area contributed by atoms with E-state index in [2.05, 4.69) is 0 Å². The van der Waals surface area contributed by atoms with Crippen molar-refractivity contribution in [2.75, 3.05) is 13.2 Å². The van der Waals surface area contributed by atoms with Gasteiger partial charge in [-0.3, -0.25) is 19.3 Å². The van der Waals surface area contributed by atoms with Crippen LogP contribution >= 0.6 is 11.8 Å². The lowest BCUT2D eigenvalue weighted by molar-refractivity contribution is -0.123. The van der Waals surface area contributed by atoms with Crippen LogP contribution in [-0.4, -0.2) is 35.2 Å². The van der Waals surface area contributed by atoms with Gasteiger partial charge in [0.2, 0.25) is 0 Å². The van der Waals surface area contributed by atoms with Crippen molar-refractivity contribution < 1.29 is 28.2 Å².